The first kappa shape index (κ1) is 42.4. The van der Waals surface area contributed by atoms with Crippen LogP contribution in [-0.4, -0.2) is 141 Å². The van der Waals surface area contributed by atoms with E-state index >= 15 is 0 Å². The van der Waals surface area contributed by atoms with Crippen LogP contribution in [-0.2, 0) is 23.9 Å². The number of carbonyl (C=O) groups is 4. The van der Waals surface area contributed by atoms with Gasteiger partial charge in [0.1, 0.15) is 18.1 Å². The summed E-state index contributed by atoms with van der Waals surface area (Å²) in [5.41, 5.74) is 13.6. The third kappa shape index (κ3) is 12.1. The maximum atomic E-state index is 13.4. The molecule has 6 rings (SSSR count). The van der Waals surface area contributed by atoms with Crippen LogP contribution in [0.4, 0.5) is 5.82 Å². The Kier molecular flexibility index (Phi) is 15.0. The van der Waals surface area contributed by atoms with Crippen LogP contribution < -0.4 is 27.4 Å². The molecule has 0 unspecified atom stereocenters. The van der Waals surface area contributed by atoms with Gasteiger partial charge in [-0.2, -0.15) is 14.9 Å². The van der Waals surface area contributed by atoms with Gasteiger partial charge < -0.3 is 46.7 Å². The van der Waals surface area contributed by atoms with Crippen molar-refractivity contribution in [1.29, 1.82) is 5.41 Å². The van der Waals surface area contributed by atoms with Crippen LogP contribution in [0.2, 0.25) is 0 Å². The Morgan fingerprint density at radius 1 is 0.949 bits per heavy atom. The predicted octanol–water partition coefficient (Wildman–Crippen LogP) is 0.742. The van der Waals surface area contributed by atoms with E-state index in [-0.39, 0.29) is 74.2 Å². The Hall–Kier alpha value is -6.25. The first-order chi connectivity index (χ1) is 28.6. The SMILES string of the molecule is N=C(N)NCCC[C@H](N)C(=O)N[C@@H]1CCN(C(=O)COCCOCCC(=O)N2CCC(c3cc(NC(=O)c4cccc(-c5ccn[nH]5)n4)n(-c4ccccn4)n3)CC2)C1. The number of aromatic amines is 1. The van der Waals surface area contributed by atoms with E-state index in [2.05, 4.69) is 36.1 Å². The van der Waals surface area contributed by atoms with E-state index in [9.17, 15) is 19.2 Å². The summed E-state index contributed by atoms with van der Waals surface area (Å²) >= 11 is 0. The molecule has 0 spiro atoms. The van der Waals surface area contributed by atoms with Gasteiger partial charge in [-0.25, -0.2) is 9.97 Å². The zero-order chi connectivity index (χ0) is 41.6. The number of nitrogens with zero attached hydrogens (tertiary/aromatic N) is 7. The average Bonchev–Trinajstić information content (AvgIpc) is 4.05. The molecule has 314 valence electrons. The maximum absolute atomic E-state index is 13.4. The summed E-state index contributed by atoms with van der Waals surface area (Å²) in [6, 6.07) is 13.5. The lowest BCUT2D eigenvalue weighted by Gasteiger charge is -2.31. The lowest BCUT2D eigenvalue weighted by Crippen LogP contribution is -2.47. The minimum atomic E-state index is -0.680. The average molecular weight is 813 g/mol. The normalized spacial score (nSPS) is 16.1. The number of ether oxygens (including phenoxy) is 2. The number of hydrogen-bond acceptors (Lipinski definition) is 12. The van der Waals surface area contributed by atoms with Gasteiger partial charge in [0.15, 0.2) is 11.8 Å². The van der Waals surface area contributed by atoms with E-state index in [1.54, 1.807) is 46.2 Å². The lowest BCUT2D eigenvalue weighted by atomic mass is 9.93. The molecule has 2 aliphatic heterocycles. The Balaban J connectivity index is 0.877. The quantitative estimate of drug-likeness (QED) is 0.0392. The second-order valence-electron chi connectivity index (χ2n) is 14.4. The van der Waals surface area contributed by atoms with Crippen LogP contribution in [0.15, 0.2) is 60.9 Å². The van der Waals surface area contributed by atoms with Crippen LogP contribution >= 0.6 is 0 Å². The van der Waals surface area contributed by atoms with Gasteiger partial charge >= 0.3 is 0 Å². The second-order valence-corrected chi connectivity index (χ2v) is 14.4. The minimum absolute atomic E-state index is 0.00185. The smallest absolute Gasteiger partial charge is 0.275 e. The van der Waals surface area contributed by atoms with E-state index in [4.69, 9.17) is 31.4 Å². The number of pyridine rings is 2. The standard InChI is InChI=1S/C39H52N14O6/c40-28(5-4-15-44-39(41)42)37(56)46-27-12-19-52(24-27)36(55)25-59-22-21-58-20-13-35(54)51-17-10-26(11-18-51)32-23-34(53(50-32)33-8-1-2-14-43-33)48-38(57)31-7-3-6-29(47-31)30-9-16-45-49-30/h1-3,6-9,14,16,23,26-28H,4-5,10-13,15,17-22,24-25,40H2,(H,45,49)(H,46,56)(H,48,57)(H4,41,42,44)/t27-,28+/m1/s1. The summed E-state index contributed by atoms with van der Waals surface area (Å²) in [6.07, 6.45) is 6.59. The van der Waals surface area contributed by atoms with E-state index in [0.717, 1.165) is 5.69 Å². The van der Waals surface area contributed by atoms with E-state index in [1.807, 2.05) is 29.2 Å². The fraction of sp³-hybridized carbons (Fsp3) is 0.462. The number of likely N-dealkylation sites (tertiary alicyclic amines) is 2. The molecule has 4 amide bonds. The van der Waals surface area contributed by atoms with E-state index in [1.165, 1.54) is 0 Å². The van der Waals surface area contributed by atoms with E-state index < -0.39 is 11.9 Å². The molecular weight excluding hydrogens is 761 g/mol. The third-order valence-corrected chi connectivity index (χ3v) is 10.1. The monoisotopic (exact) mass is 812 g/mol. The van der Waals surface area contributed by atoms with Crippen molar-refractivity contribution in [3.05, 3.63) is 72.3 Å². The molecule has 0 aliphatic carbocycles. The van der Waals surface area contributed by atoms with Gasteiger partial charge in [0.2, 0.25) is 17.7 Å². The molecule has 2 aliphatic rings. The molecular formula is C39H52N14O6. The van der Waals surface area contributed by atoms with Crippen molar-refractivity contribution in [2.75, 3.05) is 64.5 Å². The number of anilines is 1. The zero-order valence-corrected chi connectivity index (χ0v) is 32.8. The lowest BCUT2D eigenvalue weighted by molar-refractivity contribution is -0.136. The maximum Gasteiger partial charge on any atom is 0.275 e. The molecule has 0 aromatic carbocycles. The molecule has 0 bridgehead atoms. The highest BCUT2D eigenvalue weighted by atomic mass is 16.5. The molecule has 9 N–H and O–H groups in total. The van der Waals surface area contributed by atoms with Crippen molar-refractivity contribution in [1.82, 2.24) is 50.4 Å². The Labute approximate surface area is 341 Å². The molecule has 20 nitrogen and oxygen atoms in total. The Morgan fingerprint density at radius 3 is 2.53 bits per heavy atom. The second kappa shape index (κ2) is 21.0. The van der Waals surface area contributed by atoms with Crippen molar-refractivity contribution >= 4 is 35.4 Å². The van der Waals surface area contributed by atoms with Crippen LogP contribution in [0.25, 0.3) is 17.2 Å². The molecule has 6 heterocycles. The molecule has 2 saturated heterocycles. The Bertz CT molecular complexity index is 2020. The number of piperidine rings is 1. The third-order valence-electron chi connectivity index (χ3n) is 10.1. The number of nitrogens with one attached hydrogen (secondary N) is 5. The van der Waals surface area contributed by atoms with E-state index in [0.29, 0.717) is 87.9 Å². The molecule has 4 aromatic heterocycles. The first-order valence-corrected chi connectivity index (χ1v) is 19.8. The highest BCUT2D eigenvalue weighted by molar-refractivity contribution is 6.02. The highest BCUT2D eigenvalue weighted by Crippen LogP contribution is 2.30. The zero-order valence-electron chi connectivity index (χ0n) is 32.8. The highest BCUT2D eigenvalue weighted by Gasteiger charge is 2.29. The van der Waals surface area contributed by atoms with Crippen molar-refractivity contribution < 1.29 is 28.7 Å². The number of H-pyrrole nitrogens is 1. The summed E-state index contributed by atoms with van der Waals surface area (Å²) in [5, 5.41) is 27.4. The van der Waals surface area contributed by atoms with Gasteiger partial charge in [-0.15, -0.1) is 0 Å². The van der Waals surface area contributed by atoms with Crippen LogP contribution in [0, 0.1) is 5.41 Å². The number of aromatic nitrogens is 6. The molecule has 2 atom stereocenters. The van der Waals surface area contributed by atoms with Gasteiger partial charge in [-0.05, 0) is 62.4 Å². The Morgan fingerprint density at radius 2 is 1.76 bits per heavy atom. The summed E-state index contributed by atoms with van der Waals surface area (Å²) in [4.78, 5) is 63.9. The van der Waals surface area contributed by atoms with Crippen molar-refractivity contribution in [2.45, 2.75) is 56.5 Å². The largest absolute Gasteiger partial charge is 0.379 e. The van der Waals surface area contributed by atoms with Gasteiger partial charge in [0.05, 0.1) is 49.4 Å². The molecule has 4 aromatic rings. The topological polar surface area (TPSA) is 277 Å². The van der Waals surface area contributed by atoms with Gasteiger partial charge in [0.25, 0.3) is 5.91 Å². The molecule has 20 heteroatoms. The summed E-state index contributed by atoms with van der Waals surface area (Å²) in [7, 11) is 0. The molecule has 0 saturated carbocycles. The fourth-order valence-electron chi connectivity index (χ4n) is 6.93. The van der Waals surface area contributed by atoms with Gasteiger partial charge in [0, 0.05) is 63.1 Å². The van der Waals surface area contributed by atoms with Crippen molar-refractivity contribution in [2.24, 2.45) is 11.5 Å². The molecule has 59 heavy (non-hydrogen) atoms. The molecule has 0 radical (unpaired) electrons. The first-order valence-electron chi connectivity index (χ1n) is 19.8. The summed E-state index contributed by atoms with van der Waals surface area (Å²) in [5.74, 6) is 0.118. The van der Waals surface area contributed by atoms with Crippen LogP contribution in [0.5, 0.6) is 0 Å². The number of carbonyl (C=O) groups excluding carboxylic acids is 4. The number of rotatable bonds is 19. The number of hydrogen-bond donors (Lipinski definition) is 7. The number of nitrogens with two attached hydrogens (primary N) is 2. The number of amides is 4. The fourth-order valence-corrected chi connectivity index (χ4v) is 6.93. The van der Waals surface area contributed by atoms with Gasteiger partial charge in [-0.3, -0.25) is 29.7 Å². The summed E-state index contributed by atoms with van der Waals surface area (Å²) < 4.78 is 12.8. The molecule has 2 fully saturated rings. The predicted molar refractivity (Wildman–Crippen MR) is 216 cm³/mol. The van der Waals surface area contributed by atoms with Crippen LogP contribution in [0.3, 0.4) is 0 Å². The number of guanidine groups is 1. The van der Waals surface area contributed by atoms with Crippen LogP contribution in [0.1, 0.15) is 60.6 Å². The van der Waals surface area contributed by atoms with Crippen molar-refractivity contribution in [3.8, 4) is 17.2 Å². The van der Waals surface area contributed by atoms with Gasteiger partial charge in [-0.1, -0.05) is 12.1 Å². The minimum Gasteiger partial charge on any atom is -0.379 e. The van der Waals surface area contributed by atoms with Crippen molar-refractivity contribution in [3.63, 3.8) is 0 Å². The summed E-state index contributed by atoms with van der Waals surface area (Å²) in [6.45, 7) is 3.05.